The lowest BCUT2D eigenvalue weighted by Crippen LogP contribution is -2.62. The fourth-order valence-corrected chi connectivity index (χ4v) is 5.39. The summed E-state index contributed by atoms with van der Waals surface area (Å²) in [6, 6.07) is 7.63. The molecule has 1 unspecified atom stereocenters. The van der Waals surface area contributed by atoms with E-state index < -0.39 is 84.1 Å². The SMILES string of the molecule is C=C[C@H]1C(O[C@@H]2O[C@H](CO)[C@@H](O)[C@H](O)[C@H]2OC(=O)c2c(O)cc(O)cc2-c2cccc(O)c2)OC=C2C(=O)OCC[C@]21O. The molecule has 3 aliphatic heterocycles. The number of hydrogen-bond donors (Lipinski definition) is 7. The Balaban J connectivity index is 1.48. The van der Waals surface area contributed by atoms with Gasteiger partial charge in [0.25, 0.3) is 0 Å². The molecule has 8 atom stereocenters. The molecule has 2 aromatic rings. The van der Waals surface area contributed by atoms with Crippen molar-refractivity contribution in [2.24, 2.45) is 5.92 Å². The molecule has 2 fully saturated rings. The molecule has 0 radical (unpaired) electrons. The number of phenols is 3. The number of aromatic hydroxyl groups is 3. The molecule has 14 nitrogen and oxygen atoms in total. The van der Waals surface area contributed by atoms with Crippen LogP contribution in [0.25, 0.3) is 11.1 Å². The molecule has 0 spiro atoms. The van der Waals surface area contributed by atoms with Gasteiger partial charge in [-0.1, -0.05) is 18.2 Å². The number of fused-ring (bicyclic) bond motifs is 1. The topological polar surface area (TPSA) is 222 Å². The van der Waals surface area contributed by atoms with E-state index in [0.717, 1.165) is 18.4 Å². The van der Waals surface area contributed by atoms with Gasteiger partial charge in [0.15, 0.2) is 6.10 Å². The van der Waals surface area contributed by atoms with Crippen LogP contribution in [0.15, 0.2) is 60.9 Å². The molecule has 0 bridgehead atoms. The monoisotopic (exact) mass is 602 g/mol. The molecule has 7 N–H and O–H groups in total. The van der Waals surface area contributed by atoms with E-state index in [4.69, 9.17) is 23.7 Å². The van der Waals surface area contributed by atoms with Gasteiger partial charge < -0.3 is 59.4 Å². The number of carbonyl (C=O) groups is 2. The van der Waals surface area contributed by atoms with Gasteiger partial charge in [-0.05, 0) is 23.8 Å². The van der Waals surface area contributed by atoms with Crippen molar-refractivity contribution in [3.8, 4) is 28.4 Å². The van der Waals surface area contributed by atoms with Crippen LogP contribution in [0.1, 0.15) is 16.8 Å². The Bertz CT molecular complexity index is 1440. The van der Waals surface area contributed by atoms with Crippen LogP contribution in [0.2, 0.25) is 0 Å². The summed E-state index contributed by atoms with van der Waals surface area (Å²) >= 11 is 0. The predicted molar refractivity (Wildman–Crippen MR) is 142 cm³/mol. The minimum atomic E-state index is -1.90. The normalized spacial score (nSPS) is 32.0. The van der Waals surface area contributed by atoms with E-state index in [1.807, 2.05) is 0 Å². The lowest BCUT2D eigenvalue weighted by Gasteiger charge is -2.47. The van der Waals surface area contributed by atoms with Gasteiger partial charge in [0, 0.05) is 18.1 Å². The summed E-state index contributed by atoms with van der Waals surface area (Å²) in [4.78, 5) is 25.8. The summed E-state index contributed by atoms with van der Waals surface area (Å²) < 4.78 is 27.6. The first kappa shape index (κ1) is 30.3. The Morgan fingerprint density at radius 2 is 1.86 bits per heavy atom. The summed E-state index contributed by atoms with van der Waals surface area (Å²) in [5.74, 6) is -4.40. The Kier molecular flexibility index (Phi) is 8.34. The largest absolute Gasteiger partial charge is 0.508 e. The summed E-state index contributed by atoms with van der Waals surface area (Å²) in [5.41, 5.74) is -2.25. The fraction of sp³-hybridized carbons (Fsp3) is 0.379. The van der Waals surface area contributed by atoms with E-state index in [9.17, 15) is 45.3 Å². The molecule has 3 heterocycles. The zero-order valence-corrected chi connectivity index (χ0v) is 22.5. The highest BCUT2D eigenvalue weighted by Gasteiger charge is 2.55. The van der Waals surface area contributed by atoms with E-state index in [1.165, 1.54) is 30.3 Å². The molecule has 3 aliphatic rings. The molecule has 0 saturated carbocycles. The van der Waals surface area contributed by atoms with Crippen LogP contribution in [-0.2, 0) is 28.5 Å². The van der Waals surface area contributed by atoms with E-state index >= 15 is 0 Å². The predicted octanol–water partition coefficient (Wildman–Crippen LogP) is 0.172. The maximum absolute atomic E-state index is 13.5. The van der Waals surface area contributed by atoms with Crippen molar-refractivity contribution in [2.75, 3.05) is 13.2 Å². The van der Waals surface area contributed by atoms with Crippen molar-refractivity contribution in [2.45, 2.75) is 49.0 Å². The number of esters is 2. The Hall–Kier alpha value is -4.18. The van der Waals surface area contributed by atoms with E-state index in [1.54, 1.807) is 0 Å². The van der Waals surface area contributed by atoms with Crippen molar-refractivity contribution in [1.82, 2.24) is 0 Å². The van der Waals surface area contributed by atoms with Crippen molar-refractivity contribution in [3.63, 3.8) is 0 Å². The number of cyclic esters (lactones) is 1. The van der Waals surface area contributed by atoms with Crippen molar-refractivity contribution < 1.29 is 69.0 Å². The highest BCUT2D eigenvalue weighted by Crippen LogP contribution is 2.43. The summed E-state index contributed by atoms with van der Waals surface area (Å²) in [6.45, 7) is 2.83. The van der Waals surface area contributed by atoms with Gasteiger partial charge in [-0.25, -0.2) is 9.59 Å². The van der Waals surface area contributed by atoms with Crippen LogP contribution < -0.4 is 0 Å². The van der Waals surface area contributed by atoms with Crippen molar-refractivity contribution in [1.29, 1.82) is 0 Å². The average molecular weight is 603 g/mol. The lowest BCUT2D eigenvalue weighted by molar-refractivity contribution is -0.343. The van der Waals surface area contributed by atoms with Crippen molar-refractivity contribution >= 4 is 11.9 Å². The smallest absolute Gasteiger partial charge is 0.343 e. The van der Waals surface area contributed by atoms with Crippen LogP contribution in [-0.4, -0.2) is 103 Å². The number of rotatable bonds is 7. The zero-order chi connectivity index (χ0) is 31.1. The minimum absolute atomic E-state index is 0.0209. The van der Waals surface area contributed by atoms with Gasteiger partial charge in [0.05, 0.1) is 25.4 Å². The zero-order valence-electron chi connectivity index (χ0n) is 22.5. The molecular weight excluding hydrogens is 572 g/mol. The van der Waals surface area contributed by atoms with Gasteiger partial charge >= 0.3 is 11.9 Å². The second-order valence-corrected chi connectivity index (χ2v) is 10.3. The Labute approximate surface area is 244 Å². The molecule has 2 saturated heterocycles. The number of aliphatic hydroxyl groups is 4. The summed E-state index contributed by atoms with van der Waals surface area (Å²) in [7, 11) is 0. The number of ether oxygens (including phenoxy) is 5. The molecule has 14 heteroatoms. The number of benzene rings is 2. The summed E-state index contributed by atoms with van der Waals surface area (Å²) in [5, 5.41) is 73.2. The van der Waals surface area contributed by atoms with Crippen molar-refractivity contribution in [3.05, 3.63) is 66.5 Å². The Morgan fingerprint density at radius 3 is 2.56 bits per heavy atom. The number of hydrogen-bond acceptors (Lipinski definition) is 14. The third-order valence-electron chi connectivity index (χ3n) is 7.62. The van der Waals surface area contributed by atoms with E-state index in [0.29, 0.717) is 0 Å². The first-order valence-electron chi connectivity index (χ1n) is 13.2. The molecule has 230 valence electrons. The van der Waals surface area contributed by atoms with Crippen LogP contribution in [0, 0.1) is 5.92 Å². The number of carbonyl (C=O) groups excluding carboxylic acids is 2. The highest BCUT2D eigenvalue weighted by molar-refractivity contribution is 6.00. The third kappa shape index (κ3) is 5.51. The average Bonchev–Trinajstić information content (AvgIpc) is 2.96. The second-order valence-electron chi connectivity index (χ2n) is 10.3. The van der Waals surface area contributed by atoms with Gasteiger partial charge in [0.1, 0.15) is 52.3 Å². The quantitative estimate of drug-likeness (QED) is 0.166. The van der Waals surface area contributed by atoms with Gasteiger partial charge in [-0.2, -0.15) is 0 Å². The third-order valence-corrected chi connectivity index (χ3v) is 7.62. The molecule has 5 rings (SSSR count). The molecule has 0 aromatic heterocycles. The minimum Gasteiger partial charge on any atom is -0.508 e. The van der Waals surface area contributed by atoms with Crippen LogP contribution in [0.5, 0.6) is 17.2 Å². The first-order chi connectivity index (χ1) is 20.5. The van der Waals surface area contributed by atoms with Crippen LogP contribution in [0.4, 0.5) is 0 Å². The lowest BCUT2D eigenvalue weighted by atomic mass is 9.76. The fourth-order valence-electron chi connectivity index (χ4n) is 5.39. The van der Waals surface area contributed by atoms with Gasteiger partial charge in [-0.15, -0.1) is 6.58 Å². The van der Waals surface area contributed by atoms with E-state index in [-0.39, 0.29) is 35.5 Å². The first-order valence-corrected chi connectivity index (χ1v) is 13.2. The Morgan fingerprint density at radius 1 is 1.09 bits per heavy atom. The van der Waals surface area contributed by atoms with E-state index in [2.05, 4.69) is 6.58 Å². The van der Waals surface area contributed by atoms with Gasteiger partial charge in [0.2, 0.25) is 12.6 Å². The summed E-state index contributed by atoms with van der Waals surface area (Å²) in [6.07, 6.45) is -7.79. The molecule has 2 aromatic carbocycles. The van der Waals surface area contributed by atoms with Crippen LogP contribution >= 0.6 is 0 Å². The molecular formula is C29H30O14. The maximum Gasteiger partial charge on any atom is 0.343 e. The maximum atomic E-state index is 13.5. The van der Waals surface area contributed by atoms with Crippen LogP contribution in [0.3, 0.4) is 0 Å². The molecule has 43 heavy (non-hydrogen) atoms. The van der Waals surface area contributed by atoms with Gasteiger partial charge in [-0.3, -0.25) is 0 Å². The molecule has 0 amide bonds. The second kappa shape index (κ2) is 11.8. The standard InChI is InChI=1S/C29H30O14/c1-2-17-27(40-12-18-25(36)39-7-6-29(17,18)38)43-28-24(23(35)22(34)20(11-30)41-28)42-26(37)21-16(9-15(32)10-19(21)33)13-4-3-5-14(31)8-13/h2-5,8-10,12,17,20,22-24,27-28,30-35,38H,1,6-7,11H2/t17-,20+,22+,23-,24+,27?,28-,29+/m0/s1. The number of phenolic OH excluding ortho intramolecular Hbond substituents is 3. The molecule has 0 aliphatic carbocycles. The number of aliphatic hydroxyl groups excluding tert-OH is 3. The highest BCUT2D eigenvalue weighted by atomic mass is 16.8.